The van der Waals surface area contributed by atoms with E-state index in [2.05, 4.69) is 9.97 Å². The largest absolute Gasteiger partial charge is 0.508 e. The standard InChI is InChI=1S/C10H13N3O.ClH/c1-13(2)5-7-9(14)4-3-8-10(7)12-6-11-8;/h3-4,6,14H,5H2,1-2H3,(H,11,12);1H. The number of aromatic nitrogens is 2. The SMILES string of the molecule is CN(C)Cc1c(O)ccc2[nH]cnc12.Cl. The maximum absolute atomic E-state index is 9.70. The van der Waals surface area contributed by atoms with Gasteiger partial charge in [-0.05, 0) is 26.2 Å². The zero-order chi connectivity index (χ0) is 10.1. The summed E-state index contributed by atoms with van der Waals surface area (Å²) in [5.41, 5.74) is 2.67. The Morgan fingerprint density at radius 3 is 2.80 bits per heavy atom. The molecule has 0 aliphatic rings. The lowest BCUT2D eigenvalue weighted by Crippen LogP contribution is -2.11. The minimum absolute atomic E-state index is 0. The molecule has 5 heteroatoms. The first kappa shape index (κ1) is 11.8. The van der Waals surface area contributed by atoms with Crippen LogP contribution in [0.25, 0.3) is 11.0 Å². The van der Waals surface area contributed by atoms with E-state index in [4.69, 9.17) is 0 Å². The third kappa shape index (κ3) is 2.22. The Bertz CT molecular complexity index is 453. The van der Waals surface area contributed by atoms with Crippen molar-refractivity contribution in [3.8, 4) is 5.75 Å². The number of halogens is 1. The lowest BCUT2D eigenvalue weighted by Gasteiger charge is -2.11. The van der Waals surface area contributed by atoms with E-state index >= 15 is 0 Å². The Labute approximate surface area is 94.3 Å². The summed E-state index contributed by atoms with van der Waals surface area (Å²) in [5.74, 6) is 0.304. The highest BCUT2D eigenvalue weighted by molar-refractivity contribution is 5.85. The number of rotatable bonds is 2. The van der Waals surface area contributed by atoms with Gasteiger partial charge >= 0.3 is 0 Å². The van der Waals surface area contributed by atoms with Crippen LogP contribution in [0.15, 0.2) is 18.5 Å². The Balaban J connectivity index is 0.00000112. The first-order chi connectivity index (χ1) is 6.68. The molecule has 0 unspecified atom stereocenters. The number of nitrogens with one attached hydrogen (secondary N) is 1. The van der Waals surface area contributed by atoms with Crippen molar-refractivity contribution < 1.29 is 5.11 Å². The molecule has 2 rings (SSSR count). The zero-order valence-corrected chi connectivity index (χ0v) is 9.51. The molecular formula is C10H14ClN3O. The van der Waals surface area contributed by atoms with Crippen LogP contribution in [0.1, 0.15) is 5.56 Å². The fraction of sp³-hybridized carbons (Fsp3) is 0.300. The maximum Gasteiger partial charge on any atom is 0.122 e. The third-order valence-electron chi connectivity index (χ3n) is 2.15. The van der Waals surface area contributed by atoms with Gasteiger partial charge < -0.3 is 15.0 Å². The number of H-pyrrole nitrogens is 1. The summed E-state index contributed by atoms with van der Waals surface area (Å²) >= 11 is 0. The number of nitrogens with zero attached hydrogens (tertiary/aromatic N) is 2. The van der Waals surface area contributed by atoms with Gasteiger partial charge in [0, 0.05) is 12.1 Å². The van der Waals surface area contributed by atoms with E-state index in [1.54, 1.807) is 12.4 Å². The number of benzene rings is 1. The monoisotopic (exact) mass is 227 g/mol. The average molecular weight is 228 g/mol. The molecule has 0 bridgehead atoms. The number of hydrogen-bond acceptors (Lipinski definition) is 3. The average Bonchev–Trinajstić information content (AvgIpc) is 2.57. The van der Waals surface area contributed by atoms with Gasteiger partial charge in [-0.1, -0.05) is 0 Å². The molecule has 0 amide bonds. The fourth-order valence-corrected chi connectivity index (χ4v) is 1.53. The number of hydrogen-bond donors (Lipinski definition) is 2. The van der Waals surface area contributed by atoms with Crippen molar-refractivity contribution in [2.24, 2.45) is 0 Å². The van der Waals surface area contributed by atoms with Crippen LogP contribution in [0.3, 0.4) is 0 Å². The van der Waals surface area contributed by atoms with Crippen molar-refractivity contribution in [3.63, 3.8) is 0 Å². The summed E-state index contributed by atoms with van der Waals surface area (Å²) in [6, 6.07) is 3.52. The van der Waals surface area contributed by atoms with E-state index in [1.807, 2.05) is 25.1 Å². The first-order valence-electron chi connectivity index (χ1n) is 4.47. The van der Waals surface area contributed by atoms with E-state index < -0.39 is 0 Å². The molecule has 4 nitrogen and oxygen atoms in total. The van der Waals surface area contributed by atoms with Crippen LogP contribution in [-0.4, -0.2) is 34.1 Å². The maximum atomic E-state index is 9.70. The Morgan fingerprint density at radius 2 is 2.13 bits per heavy atom. The summed E-state index contributed by atoms with van der Waals surface area (Å²) in [6.07, 6.45) is 1.64. The van der Waals surface area contributed by atoms with Gasteiger partial charge in [-0.2, -0.15) is 0 Å². The van der Waals surface area contributed by atoms with Gasteiger partial charge in [-0.15, -0.1) is 12.4 Å². The minimum atomic E-state index is 0. The number of phenols is 1. The van der Waals surface area contributed by atoms with Gasteiger partial charge in [-0.3, -0.25) is 0 Å². The molecule has 0 aliphatic heterocycles. The minimum Gasteiger partial charge on any atom is -0.508 e. The number of phenolic OH excluding ortho intramolecular Hbond substituents is 1. The molecule has 2 N–H and O–H groups in total. The molecule has 0 saturated heterocycles. The molecule has 0 atom stereocenters. The van der Waals surface area contributed by atoms with E-state index in [-0.39, 0.29) is 12.4 Å². The van der Waals surface area contributed by atoms with Crippen molar-refractivity contribution in [2.45, 2.75) is 6.54 Å². The molecule has 1 heterocycles. The fourth-order valence-electron chi connectivity index (χ4n) is 1.53. The Hall–Kier alpha value is -1.26. The zero-order valence-electron chi connectivity index (χ0n) is 8.69. The van der Waals surface area contributed by atoms with Crippen LogP contribution in [0, 0.1) is 0 Å². The molecular weight excluding hydrogens is 214 g/mol. The van der Waals surface area contributed by atoms with Gasteiger partial charge in [0.25, 0.3) is 0 Å². The van der Waals surface area contributed by atoms with Crippen LogP contribution in [0.5, 0.6) is 5.75 Å². The highest BCUT2D eigenvalue weighted by Crippen LogP contribution is 2.25. The predicted molar refractivity (Wildman–Crippen MR) is 62.4 cm³/mol. The normalized spacial score (nSPS) is 10.6. The molecule has 0 aliphatic carbocycles. The first-order valence-corrected chi connectivity index (χ1v) is 4.47. The lowest BCUT2D eigenvalue weighted by molar-refractivity contribution is 0.387. The van der Waals surface area contributed by atoms with Crippen molar-refractivity contribution in [2.75, 3.05) is 14.1 Å². The highest BCUT2D eigenvalue weighted by Gasteiger charge is 2.09. The molecule has 15 heavy (non-hydrogen) atoms. The topological polar surface area (TPSA) is 52.1 Å². The summed E-state index contributed by atoms with van der Waals surface area (Å²) < 4.78 is 0. The van der Waals surface area contributed by atoms with Gasteiger partial charge in [0.1, 0.15) is 5.75 Å². The number of aromatic hydroxyl groups is 1. The van der Waals surface area contributed by atoms with Crippen LogP contribution < -0.4 is 0 Å². The summed E-state index contributed by atoms with van der Waals surface area (Å²) in [5, 5.41) is 9.70. The lowest BCUT2D eigenvalue weighted by atomic mass is 10.1. The quantitative estimate of drug-likeness (QED) is 0.822. The highest BCUT2D eigenvalue weighted by atomic mass is 35.5. The van der Waals surface area contributed by atoms with Crippen LogP contribution in [-0.2, 0) is 6.54 Å². The molecule has 0 saturated carbocycles. The van der Waals surface area contributed by atoms with Gasteiger partial charge in [-0.25, -0.2) is 4.98 Å². The third-order valence-corrected chi connectivity index (χ3v) is 2.15. The Kier molecular flexibility index (Phi) is 3.55. The molecule has 2 aromatic rings. The molecule has 82 valence electrons. The molecule has 0 fully saturated rings. The van der Waals surface area contributed by atoms with Crippen LogP contribution >= 0.6 is 12.4 Å². The number of aromatic amines is 1. The van der Waals surface area contributed by atoms with Crippen LogP contribution in [0.4, 0.5) is 0 Å². The molecule has 0 radical (unpaired) electrons. The van der Waals surface area contributed by atoms with Crippen molar-refractivity contribution in [3.05, 3.63) is 24.0 Å². The Morgan fingerprint density at radius 1 is 1.40 bits per heavy atom. The molecule has 1 aromatic carbocycles. The number of imidazole rings is 1. The smallest absolute Gasteiger partial charge is 0.122 e. The van der Waals surface area contributed by atoms with E-state index in [9.17, 15) is 5.11 Å². The van der Waals surface area contributed by atoms with Crippen molar-refractivity contribution in [1.29, 1.82) is 0 Å². The van der Waals surface area contributed by atoms with E-state index in [0.29, 0.717) is 12.3 Å². The number of fused-ring (bicyclic) bond motifs is 1. The predicted octanol–water partition coefficient (Wildman–Crippen LogP) is 1.75. The second-order valence-electron chi connectivity index (χ2n) is 3.60. The van der Waals surface area contributed by atoms with Crippen molar-refractivity contribution >= 4 is 23.4 Å². The van der Waals surface area contributed by atoms with Gasteiger partial charge in [0.05, 0.1) is 17.4 Å². The van der Waals surface area contributed by atoms with Gasteiger partial charge in [0.2, 0.25) is 0 Å². The summed E-state index contributed by atoms with van der Waals surface area (Å²) in [4.78, 5) is 9.21. The van der Waals surface area contributed by atoms with E-state index in [0.717, 1.165) is 16.6 Å². The van der Waals surface area contributed by atoms with Crippen LogP contribution in [0.2, 0.25) is 0 Å². The summed E-state index contributed by atoms with van der Waals surface area (Å²) in [6.45, 7) is 0.689. The van der Waals surface area contributed by atoms with E-state index in [1.165, 1.54) is 0 Å². The molecule has 1 aromatic heterocycles. The second kappa shape index (κ2) is 4.51. The second-order valence-corrected chi connectivity index (χ2v) is 3.60. The molecule has 0 spiro atoms. The van der Waals surface area contributed by atoms with Gasteiger partial charge in [0.15, 0.2) is 0 Å². The summed E-state index contributed by atoms with van der Waals surface area (Å²) in [7, 11) is 3.93. The van der Waals surface area contributed by atoms with Crippen molar-refractivity contribution in [1.82, 2.24) is 14.9 Å².